The van der Waals surface area contributed by atoms with Crippen molar-refractivity contribution in [2.24, 2.45) is 5.92 Å². The number of thiophene rings is 1. The summed E-state index contributed by atoms with van der Waals surface area (Å²) >= 11 is 1.25. The average Bonchev–Trinajstić information content (AvgIpc) is 3.51. The maximum Gasteiger partial charge on any atom is 0.379 e. The molecule has 2 heterocycles. The zero-order valence-electron chi connectivity index (χ0n) is 24.8. The molecule has 1 aromatic heterocycles. The number of nitrogens with zero attached hydrogens (tertiary/aromatic N) is 2. The van der Waals surface area contributed by atoms with Gasteiger partial charge in [-0.1, -0.05) is 80.6 Å². The van der Waals surface area contributed by atoms with Gasteiger partial charge in [0.15, 0.2) is 5.66 Å². The molecule has 1 aliphatic rings. The van der Waals surface area contributed by atoms with Crippen molar-refractivity contribution in [3.63, 3.8) is 0 Å². The molecular weight excluding hydrogens is 566 g/mol. The van der Waals surface area contributed by atoms with Crippen LogP contribution in [0.3, 0.4) is 0 Å². The minimum atomic E-state index is -2.22. The van der Waals surface area contributed by atoms with Crippen LogP contribution in [-0.2, 0) is 30.3 Å². The van der Waals surface area contributed by atoms with Crippen molar-refractivity contribution in [2.45, 2.75) is 58.8 Å². The fourth-order valence-corrected chi connectivity index (χ4v) is 5.87. The third-order valence-corrected chi connectivity index (χ3v) is 7.77. The smallest absolute Gasteiger partial charge is 0.379 e. The third-order valence-electron chi connectivity index (χ3n) is 6.91. The Hall–Kier alpha value is -4.57. The van der Waals surface area contributed by atoms with Crippen LogP contribution in [0.25, 0.3) is 5.70 Å². The number of rotatable bonds is 10. The normalized spacial score (nSPS) is 16.5. The van der Waals surface area contributed by atoms with Crippen molar-refractivity contribution in [3.05, 3.63) is 100 Å². The lowest BCUT2D eigenvalue weighted by Gasteiger charge is -2.49. The first-order valence-electron chi connectivity index (χ1n) is 14.0. The molecule has 3 aromatic rings. The van der Waals surface area contributed by atoms with Gasteiger partial charge >= 0.3 is 5.97 Å². The Kier molecular flexibility index (Phi) is 9.60. The minimum absolute atomic E-state index is 0.169. The molecule has 0 aliphatic carbocycles. The molecule has 224 valence electrons. The highest BCUT2D eigenvalue weighted by Gasteiger charge is 2.56. The molecule has 1 unspecified atom stereocenters. The van der Waals surface area contributed by atoms with Gasteiger partial charge in [-0.2, -0.15) is 0 Å². The summed E-state index contributed by atoms with van der Waals surface area (Å²) in [7, 11) is 0. The number of benzene rings is 2. The fourth-order valence-electron chi connectivity index (χ4n) is 5.20. The number of ether oxygens (including phenoxy) is 1. The SMILES string of the molecule is CC(=O)N[C@](Cc1ccccc1)(C(=O)C(=O)OC(C)C)N1C(=O)C(C(C)C)N(C(=O)c2cccs2)C=C1c1ccccc1. The number of amides is 3. The van der Waals surface area contributed by atoms with Crippen molar-refractivity contribution < 1.29 is 28.7 Å². The van der Waals surface area contributed by atoms with Crippen LogP contribution < -0.4 is 5.32 Å². The van der Waals surface area contributed by atoms with E-state index in [1.807, 2.05) is 0 Å². The third kappa shape index (κ3) is 6.59. The number of carbonyl (C=O) groups is 5. The van der Waals surface area contributed by atoms with E-state index in [4.69, 9.17) is 4.74 Å². The van der Waals surface area contributed by atoms with Crippen LogP contribution in [-0.4, -0.2) is 57.1 Å². The summed E-state index contributed by atoms with van der Waals surface area (Å²) in [4.78, 5) is 72.3. The summed E-state index contributed by atoms with van der Waals surface area (Å²) in [5, 5.41) is 4.48. The lowest BCUT2D eigenvalue weighted by atomic mass is 9.87. The quantitative estimate of drug-likeness (QED) is 0.267. The molecule has 9 nitrogen and oxygen atoms in total. The van der Waals surface area contributed by atoms with Gasteiger partial charge in [0.05, 0.1) is 16.7 Å². The highest BCUT2D eigenvalue weighted by molar-refractivity contribution is 7.12. The van der Waals surface area contributed by atoms with Crippen LogP contribution in [0.1, 0.15) is 55.4 Å². The van der Waals surface area contributed by atoms with Gasteiger partial charge in [0.25, 0.3) is 17.6 Å². The molecule has 0 radical (unpaired) electrons. The first-order chi connectivity index (χ1) is 20.5. The van der Waals surface area contributed by atoms with Crippen LogP contribution in [0.2, 0.25) is 0 Å². The summed E-state index contributed by atoms with van der Waals surface area (Å²) in [6.45, 7) is 8.01. The monoisotopic (exact) mass is 601 g/mol. The first-order valence-corrected chi connectivity index (χ1v) is 14.9. The lowest BCUT2D eigenvalue weighted by molar-refractivity contribution is -0.165. The maximum atomic E-state index is 14.8. The summed E-state index contributed by atoms with van der Waals surface area (Å²) in [6.07, 6.45) is 0.664. The largest absolute Gasteiger partial charge is 0.457 e. The molecule has 43 heavy (non-hydrogen) atoms. The number of hydrogen-bond acceptors (Lipinski definition) is 7. The van der Waals surface area contributed by atoms with E-state index in [0.717, 1.165) is 0 Å². The number of Topliss-reactive ketones (excluding diaryl/α,β-unsaturated/α-hetero) is 1. The predicted molar refractivity (Wildman–Crippen MR) is 163 cm³/mol. The highest BCUT2D eigenvalue weighted by atomic mass is 32.1. The Balaban J connectivity index is 2.05. The molecule has 0 spiro atoms. The van der Waals surface area contributed by atoms with Crippen LogP contribution >= 0.6 is 11.3 Å². The van der Waals surface area contributed by atoms with Gasteiger partial charge in [0, 0.05) is 19.5 Å². The lowest BCUT2D eigenvalue weighted by Crippen LogP contribution is -2.72. The Morgan fingerprint density at radius 3 is 2.09 bits per heavy atom. The van der Waals surface area contributed by atoms with Crippen molar-refractivity contribution in [3.8, 4) is 0 Å². The van der Waals surface area contributed by atoms with Crippen molar-refractivity contribution in [1.29, 1.82) is 0 Å². The molecule has 3 amide bonds. The zero-order chi connectivity index (χ0) is 31.3. The molecule has 0 saturated carbocycles. The Morgan fingerprint density at radius 2 is 1.56 bits per heavy atom. The van der Waals surface area contributed by atoms with Crippen molar-refractivity contribution in [1.82, 2.24) is 15.1 Å². The van der Waals surface area contributed by atoms with Gasteiger partial charge in [-0.3, -0.25) is 29.0 Å². The molecule has 2 aromatic carbocycles. The highest BCUT2D eigenvalue weighted by Crippen LogP contribution is 2.38. The second kappa shape index (κ2) is 13.2. The molecule has 1 N–H and O–H groups in total. The number of carbonyl (C=O) groups excluding carboxylic acids is 5. The second-order valence-electron chi connectivity index (χ2n) is 10.9. The van der Waals surface area contributed by atoms with E-state index in [0.29, 0.717) is 16.0 Å². The molecule has 0 fully saturated rings. The Labute approximate surface area is 255 Å². The van der Waals surface area contributed by atoms with Gasteiger partial charge in [0.2, 0.25) is 5.91 Å². The van der Waals surface area contributed by atoms with E-state index in [1.54, 1.807) is 106 Å². The molecule has 2 atom stereocenters. The van der Waals surface area contributed by atoms with E-state index in [2.05, 4.69) is 5.32 Å². The van der Waals surface area contributed by atoms with Crippen LogP contribution in [0.15, 0.2) is 84.4 Å². The van der Waals surface area contributed by atoms with Gasteiger partial charge in [-0.25, -0.2) is 4.79 Å². The van der Waals surface area contributed by atoms with Gasteiger partial charge in [-0.15, -0.1) is 11.3 Å². The summed E-state index contributed by atoms with van der Waals surface area (Å²) < 4.78 is 5.33. The van der Waals surface area contributed by atoms with Crippen molar-refractivity contribution >= 4 is 46.5 Å². The van der Waals surface area contributed by atoms with Crippen LogP contribution in [0.5, 0.6) is 0 Å². The van der Waals surface area contributed by atoms with Gasteiger partial charge in [0.1, 0.15) is 6.04 Å². The Bertz CT molecular complexity index is 1520. The standard InChI is InChI=1S/C33H35N3O6S/c1-21(2)28-31(40)36(26(25-15-10-7-11-16-25)20-35(28)30(39)27-17-12-18-43-27)33(34-23(5)37,19-24-13-8-6-9-14-24)29(38)32(41)42-22(3)4/h6-18,20-22,28H,19H2,1-5H3,(H,34,37)/t28?,33-/m0/s1. The maximum absolute atomic E-state index is 14.8. The van der Waals surface area contributed by atoms with E-state index in [-0.39, 0.29) is 18.0 Å². The number of nitrogens with one attached hydrogen (secondary N) is 1. The number of esters is 1. The van der Waals surface area contributed by atoms with E-state index >= 15 is 0 Å². The minimum Gasteiger partial charge on any atom is -0.457 e. The van der Waals surface area contributed by atoms with Crippen LogP contribution in [0.4, 0.5) is 0 Å². The summed E-state index contributed by atoms with van der Waals surface area (Å²) in [6, 6.07) is 19.9. The summed E-state index contributed by atoms with van der Waals surface area (Å²) in [5.41, 5.74) is -0.971. The van der Waals surface area contributed by atoms with Gasteiger partial charge < -0.3 is 10.1 Å². The van der Waals surface area contributed by atoms with Crippen molar-refractivity contribution in [2.75, 3.05) is 0 Å². The van der Waals surface area contributed by atoms with E-state index in [9.17, 15) is 24.0 Å². The van der Waals surface area contributed by atoms with Gasteiger partial charge in [-0.05, 0) is 42.3 Å². The van der Waals surface area contributed by atoms with Crippen LogP contribution in [0, 0.1) is 5.92 Å². The second-order valence-corrected chi connectivity index (χ2v) is 11.9. The average molecular weight is 602 g/mol. The molecule has 10 heteroatoms. The Morgan fingerprint density at radius 1 is 0.930 bits per heavy atom. The zero-order valence-corrected chi connectivity index (χ0v) is 25.6. The molecule has 0 saturated heterocycles. The molecule has 1 aliphatic heterocycles. The molecule has 0 bridgehead atoms. The number of hydrogen-bond donors (Lipinski definition) is 1. The predicted octanol–water partition coefficient (Wildman–Crippen LogP) is 4.65. The topological polar surface area (TPSA) is 113 Å². The fraction of sp³-hybridized carbons (Fsp3) is 0.303. The molecular formula is C33H35N3O6S. The summed E-state index contributed by atoms with van der Waals surface area (Å²) in [5.74, 6) is -4.36. The van der Waals surface area contributed by atoms with E-state index in [1.165, 1.54) is 34.3 Å². The molecule has 4 rings (SSSR count). The number of ketones is 1. The first kappa shape index (κ1) is 31.4. The van der Waals surface area contributed by atoms with E-state index < -0.39 is 47.3 Å².